The number of aryl methyl sites for hydroxylation is 1. The van der Waals surface area contributed by atoms with Crippen LogP contribution in [0.15, 0.2) is 78.2 Å². The Labute approximate surface area is 194 Å². The van der Waals surface area contributed by atoms with Gasteiger partial charge < -0.3 is 14.5 Å². The average Bonchev–Trinajstić information content (AvgIpc) is 3.34. The number of ether oxygens (including phenoxy) is 1. The van der Waals surface area contributed by atoms with Crippen LogP contribution in [-0.4, -0.2) is 48.4 Å². The third kappa shape index (κ3) is 7.62. The van der Waals surface area contributed by atoms with E-state index < -0.39 is 0 Å². The average molecular weight is 451 g/mol. The van der Waals surface area contributed by atoms with Gasteiger partial charge in [0.25, 0.3) is 0 Å². The number of carbonyl (C=O) groups is 2. The predicted molar refractivity (Wildman–Crippen MR) is 128 cm³/mol. The highest BCUT2D eigenvalue weighted by atomic mass is 32.1. The van der Waals surface area contributed by atoms with Gasteiger partial charge in [-0.2, -0.15) is 0 Å². The molecule has 0 saturated heterocycles. The first-order valence-corrected chi connectivity index (χ1v) is 11.7. The van der Waals surface area contributed by atoms with Crippen molar-refractivity contribution in [3.8, 4) is 0 Å². The SMILES string of the molecule is COCCN(CC(=O)N(Cc1ccccc1)Cc1cccs1)C(=O)CCc1ccccc1. The number of methoxy groups -OCH3 is 1. The van der Waals surface area contributed by atoms with Crippen molar-refractivity contribution in [1.82, 2.24) is 9.80 Å². The molecule has 32 heavy (non-hydrogen) atoms. The van der Waals surface area contributed by atoms with Crippen molar-refractivity contribution in [2.24, 2.45) is 0 Å². The van der Waals surface area contributed by atoms with Crippen molar-refractivity contribution in [2.45, 2.75) is 25.9 Å². The minimum Gasteiger partial charge on any atom is -0.383 e. The van der Waals surface area contributed by atoms with E-state index in [1.54, 1.807) is 23.3 Å². The molecule has 168 valence electrons. The molecule has 2 amide bonds. The van der Waals surface area contributed by atoms with Crippen molar-refractivity contribution in [3.63, 3.8) is 0 Å². The molecule has 0 aliphatic heterocycles. The van der Waals surface area contributed by atoms with E-state index in [1.165, 1.54) is 0 Å². The predicted octanol–water partition coefficient (Wildman–Crippen LogP) is 4.38. The van der Waals surface area contributed by atoms with Gasteiger partial charge in [0.2, 0.25) is 11.8 Å². The van der Waals surface area contributed by atoms with Gasteiger partial charge in [-0.25, -0.2) is 0 Å². The molecule has 0 aliphatic rings. The molecule has 0 unspecified atom stereocenters. The Balaban J connectivity index is 1.67. The fourth-order valence-electron chi connectivity index (χ4n) is 3.44. The Hall–Kier alpha value is -2.96. The Morgan fingerprint density at radius 2 is 1.50 bits per heavy atom. The van der Waals surface area contributed by atoms with E-state index in [4.69, 9.17) is 4.74 Å². The summed E-state index contributed by atoms with van der Waals surface area (Å²) in [5.74, 6) is -0.0959. The molecule has 3 rings (SSSR count). The van der Waals surface area contributed by atoms with E-state index in [9.17, 15) is 9.59 Å². The van der Waals surface area contributed by atoms with Crippen LogP contribution in [0.25, 0.3) is 0 Å². The molecule has 2 aromatic carbocycles. The lowest BCUT2D eigenvalue weighted by Crippen LogP contribution is -2.43. The van der Waals surface area contributed by atoms with Gasteiger partial charge in [-0.15, -0.1) is 11.3 Å². The molecule has 0 saturated carbocycles. The Morgan fingerprint density at radius 1 is 0.812 bits per heavy atom. The highest BCUT2D eigenvalue weighted by Crippen LogP contribution is 2.15. The maximum Gasteiger partial charge on any atom is 0.242 e. The Bertz CT molecular complexity index is 946. The lowest BCUT2D eigenvalue weighted by molar-refractivity contribution is -0.141. The number of thiophene rings is 1. The van der Waals surface area contributed by atoms with Crippen LogP contribution in [0.1, 0.15) is 22.4 Å². The zero-order valence-corrected chi connectivity index (χ0v) is 19.3. The molecule has 0 spiro atoms. The second kappa shape index (κ2) is 12.8. The van der Waals surface area contributed by atoms with E-state index in [-0.39, 0.29) is 18.4 Å². The van der Waals surface area contributed by atoms with Gasteiger partial charge >= 0.3 is 0 Å². The lowest BCUT2D eigenvalue weighted by Gasteiger charge is -2.27. The summed E-state index contributed by atoms with van der Waals surface area (Å²) < 4.78 is 5.19. The van der Waals surface area contributed by atoms with E-state index in [1.807, 2.05) is 83.1 Å². The zero-order chi connectivity index (χ0) is 22.6. The second-order valence-corrected chi connectivity index (χ2v) is 8.64. The van der Waals surface area contributed by atoms with Gasteiger partial charge in [-0.1, -0.05) is 66.7 Å². The highest BCUT2D eigenvalue weighted by Gasteiger charge is 2.22. The van der Waals surface area contributed by atoms with Gasteiger partial charge in [-0.3, -0.25) is 9.59 Å². The monoisotopic (exact) mass is 450 g/mol. The molecule has 0 radical (unpaired) electrons. The van der Waals surface area contributed by atoms with E-state index in [2.05, 4.69) is 0 Å². The molecule has 5 nitrogen and oxygen atoms in total. The first-order valence-electron chi connectivity index (χ1n) is 10.8. The zero-order valence-electron chi connectivity index (χ0n) is 18.5. The first kappa shape index (κ1) is 23.7. The van der Waals surface area contributed by atoms with Crippen LogP contribution in [0.2, 0.25) is 0 Å². The molecular formula is C26H30N2O3S. The standard InChI is InChI=1S/C26H30N2O3S/c1-31-17-16-27(25(29)15-14-22-9-4-2-5-10-22)21-26(30)28(20-24-13-8-18-32-24)19-23-11-6-3-7-12-23/h2-13,18H,14-17,19-21H2,1H3. The number of rotatable bonds is 12. The highest BCUT2D eigenvalue weighted by molar-refractivity contribution is 7.09. The van der Waals surface area contributed by atoms with Crippen LogP contribution in [0.4, 0.5) is 0 Å². The first-order chi connectivity index (χ1) is 15.7. The van der Waals surface area contributed by atoms with Crippen molar-refractivity contribution in [3.05, 3.63) is 94.2 Å². The molecule has 0 atom stereocenters. The summed E-state index contributed by atoms with van der Waals surface area (Å²) in [6, 6.07) is 23.9. The summed E-state index contributed by atoms with van der Waals surface area (Å²) in [6.45, 7) is 1.88. The summed E-state index contributed by atoms with van der Waals surface area (Å²) in [4.78, 5) is 30.8. The molecule has 6 heteroatoms. The maximum atomic E-state index is 13.3. The molecule has 0 fully saturated rings. The number of hydrogen-bond acceptors (Lipinski definition) is 4. The van der Waals surface area contributed by atoms with Crippen molar-refractivity contribution < 1.29 is 14.3 Å². The van der Waals surface area contributed by atoms with Crippen molar-refractivity contribution in [2.75, 3.05) is 26.8 Å². The van der Waals surface area contributed by atoms with Crippen LogP contribution in [0, 0.1) is 0 Å². The molecule has 1 aromatic heterocycles. The quantitative estimate of drug-likeness (QED) is 0.411. The van der Waals surface area contributed by atoms with Gasteiger partial charge in [0.1, 0.15) is 0 Å². The van der Waals surface area contributed by atoms with E-state index >= 15 is 0 Å². The van der Waals surface area contributed by atoms with Crippen LogP contribution in [0.3, 0.4) is 0 Å². The van der Waals surface area contributed by atoms with Crippen LogP contribution >= 0.6 is 11.3 Å². The molecule has 1 heterocycles. The fourth-order valence-corrected chi connectivity index (χ4v) is 4.16. The van der Waals surface area contributed by atoms with Gasteiger partial charge in [0.05, 0.1) is 19.7 Å². The normalized spacial score (nSPS) is 10.7. The topological polar surface area (TPSA) is 49.9 Å². The molecule has 0 aliphatic carbocycles. The summed E-state index contributed by atoms with van der Waals surface area (Å²) in [7, 11) is 1.60. The number of benzene rings is 2. The third-order valence-corrected chi connectivity index (χ3v) is 6.07. The van der Waals surface area contributed by atoms with Gasteiger partial charge in [-0.05, 0) is 29.0 Å². The molecule has 0 N–H and O–H groups in total. The summed E-state index contributed by atoms with van der Waals surface area (Å²) in [6.07, 6.45) is 1.02. The van der Waals surface area contributed by atoms with Crippen LogP contribution in [0.5, 0.6) is 0 Å². The van der Waals surface area contributed by atoms with Gasteiger partial charge in [0.15, 0.2) is 0 Å². The number of amides is 2. The van der Waals surface area contributed by atoms with Crippen molar-refractivity contribution in [1.29, 1.82) is 0 Å². The number of hydrogen-bond donors (Lipinski definition) is 0. The smallest absolute Gasteiger partial charge is 0.242 e. The van der Waals surface area contributed by atoms with E-state index in [0.717, 1.165) is 16.0 Å². The second-order valence-electron chi connectivity index (χ2n) is 7.61. The maximum absolute atomic E-state index is 13.3. The van der Waals surface area contributed by atoms with Crippen LogP contribution < -0.4 is 0 Å². The largest absolute Gasteiger partial charge is 0.383 e. The van der Waals surface area contributed by atoms with Crippen molar-refractivity contribution >= 4 is 23.2 Å². The summed E-state index contributed by atoms with van der Waals surface area (Å²) in [5, 5.41) is 2.01. The lowest BCUT2D eigenvalue weighted by atomic mass is 10.1. The van der Waals surface area contributed by atoms with Crippen LogP contribution in [-0.2, 0) is 33.8 Å². The number of nitrogens with zero attached hydrogens (tertiary/aromatic N) is 2. The summed E-state index contributed by atoms with van der Waals surface area (Å²) in [5.41, 5.74) is 2.18. The number of carbonyl (C=O) groups excluding carboxylic acids is 2. The Morgan fingerprint density at radius 3 is 2.12 bits per heavy atom. The van der Waals surface area contributed by atoms with Gasteiger partial charge in [0, 0.05) is 31.5 Å². The third-order valence-electron chi connectivity index (χ3n) is 5.21. The fraction of sp³-hybridized carbons (Fsp3) is 0.308. The minimum absolute atomic E-state index is 0.0324. The van der Waals surface area contributed by atoms with E-state index in [0.29, 0.717) is 39.1 Å². The Kier molecular flexibility index (Phi) is 9.47. The molecule has 3 aromatic rings. The molecule has 0 bridgehead atoms. The summed E-state index contributed by atoms with van der Waals surface area (Å²) >= 11 is 1.63. The minimum atomic E-state index is -0.0635. The molecular weight excluding hydrogens is 420 g/mol.